The van der Waals surface area contributed by atoms with Gasteiger partial charge >= 0.3 is 0 Å². The Hall–Kier alpha value is -2.51. The third-order valence-corrected chi connectivity index (χ3v) is 4.11. The summed E-state index contributed by atoms with van der Waals surface area (Å²) in [5, 5.41) is 19.9. The molecule has 1 fully saturated rings. The molecule has 0 radical (unpaired) electrons. The van der Waals surface area contributed by atoms with Gasteiger partial charge in [0.05, 0.1) is 11.4 Å². The van der Waals surface area contributed by atoms with Crippen molar-refractivity contribution in [1.29, 1.82) is 0 Å². The lowest BCUT2D eigenvalue weighted by atomic mass is 9.97. The Morgan fingerprint density at radius 3 is 3.05 bits per heavy atom. The number of rotatable bonds is 2. The Kier molecular flexibility index (Phi) is 3.02. The molecule has 1 aliphatic rings. The van der Waals surface area contributed by atoms with Crippen LogP contribution in [-0.2, 0) is 0 Å². The van der Waals surface area contributed by atoms with Gasteiger partial charge in [-0.1, -0.05) is 0 Å². The Morgan fingerprint density at radius 1 is 1.32 bits per heavy atom. The van der Waals surface area contributed by atoms with Gasteiger partial charge in [0.25, 0.3) is 0 Å². The molecule has 0 bridgehead atoms. The molecule has 0 aliphatic carbocycles. The van der Waals surface area contributed by atoms with Crippen LogP contribution in [-0.4, -0.2) is 48.1 Å². The minimum Gasteiger partial charge on any atom is -0.368 e. The van der Waals surface area contributed by atoms with E-state index in [1.54, 1.807) is 10.8 Å². The maximum atomic E-state index is 4.49. The van der Waals surface area contributed by atoms with Crippen molar-refractivity contribution in [2.24, 2.45) is 0 Å². The van der Waals surface area contributed by atoms with Crippen molar-refractivity contribution in [3.8, 4) is 0 Å². The highest BCUT2D eigenvalue weighted by Crippen LogP contribution is 2.30. The van der Waals surface area contributed by atoms with Crippen LogP contribution in [0.1, 0.15) is 36.1 Å². The molecule has 22 heavy (non-hydrogen) atoms. The van der Waals surface area contributed by atoms with Gasteiger partial charge in [-0.15, -0.1) is 10.2 Å². The minimum atomic E-state index is 0.343. The van der Waals surface area contributed by atoms with Crippen LogP contribution in [0.25, 0.3) is 5.65 Å². The Labute approximate surface area is 127 Å². The number of hydrogen-bond acceptors (Lipinski definition) is 6. The second kappa shape index (κ2) is 5.04. The molecule has 4 heterocycles. The van der Waals surface area contributed by atoms with Gasteiger partial charge in [0.15, 0.2) is 5.82 Å². The molecular weight excluding hydrogens is 280 g/mol. The van der Waals surface area contributed by atoms with E-state index in [1.165, 1.54) is 0 Å². The summed E-state index contributed by atoms with van der Waals surface area (Å²) in [6.45, 7) is 5.82. The summed E-state index contributed by atoms with van der Waals surface area (Å²) < 4.78 is 1.74. The molecule has 1 atom stereocenters. The van der Waals surface area contributed by atoms with E-state index in [0.29, 0.717) is 5.92 Å². The van der Waals surface area contributed by atoms with Gasteiger partial charge in [-0.05, 0) is 32.8 Å². The number of fused-ring (bicyclic) bond motifs is 1. The number of anilines is 1. The largest absolute Gasteiger partial charge is 0.368 e. The monoisotopic (exact) mass is 298 g/mol. The van der Waals surface area contributed by atoms with E-state index in [-0.39, 0.29) is 0 Å². The van der Waals surface area contributed by atoms with Gasteiger partial charge in [-0.2, -0.15) is 14.7 Å². The van der Waals surface area contributed by atoms with Gasteiger partial charge in [0.2, 0.25) is 5.65 Å². The first kappa shape index (κ1) is 13.2. The number of aryl methyl sites for hydroxylation is 2. The van der Waals surface area contributed by atoms with E-state index >= 15 is 0 Å². The Balaban J connectivity index is 1.68. The minimum absolute atomic E-state index is 0.343. The normalized spacial score (nSPS) is 19.0. The first-order chi connectivity index (χ1) is 10.7. The summed E-state index contributed by atoms with van der Waals surface area (Å²) in [6, 6.07) is 2.08. The summed E-state index contributed by atoms with van der Waals surface area (Å²) in [5.41, 5.74) is 2.84. The molecule has 3 aromatic heterocycles. The zero-order valence-electron chi connectivity index (χ0n) is 12.7. The van der Waals surface area contributed by atoms with E-state index in [2.05, 4.69) is 41.4 Å². The van der Waals surface area contributed by atoms with E-state index in [1.807, 2.05) is 13.8 Å². The maximum Gasteiger partial charge on any atom is 0.200 e. The van der Waals surface area contributed by atoms with Crippen LogP contribution in [0, 0.1) is 13.8 Å². The molecule has 8 nitrogen and oxygen atoms in total. The first-order valence-electron chi connectivity index (χ1n) is 7.52. The molecular formula is C14H18N8. The molecule has 8 heteroatoms. The number of H-pyrrole nitrogens is 1. The Morgan fingerprint density at radius 2 is 2.23 bits per heavy atom. The summed E-state index contributed by atoms with van der Waals surface area (Å²) >= 11 is 0. The highest BCUT2D eigenvalue weighted by Gasteiger charge is 2.26. The molecule has 3 aromatic rings. The van der Waals surface area contributed by atoms with Crippen molar-refractivity contribution < 1.29 is 0 Å². The quantitative estimate of drug-likeness (QED) is 0.766. The molecule has 114 valence electrons. The predicted octanol–water partition coefficient (Wildman–Crippen LogP) is 1.24. The smallest absolute Gasteiger partial charge is 0.200 e. The van der Waals surface area contributed by atoms with Crippen molar-refractivity contribution in [3.63, 3.8) is 0 Å². The van der Waals surface area contributed by atoms with Crippen molar-refractivity contribution in [1.82, 2.24) is 35.0 Å². The van der Waals surface area contributed by atoms with Gasteiger partial charge in [-0.25, -0.2) is 4.98 Å². The lowest BCUT2D eigenvalue weighted by molar-refractivity contribution is 0.492. The standard InChI is InChI=1S/C14H18N8/c1-9-6-12(14-19-15-8-22(14)20-9)21-5-3-4-11(7-21)13-16-10(2)17-18-13/h6,8,11H,3-5,7H2,1-2H3,(H,16,17,18). The van der Waals surface area contributed by atoms with Gasteiger partial charge in [0, 0.05) is 19.0 Å². The molecule has 4 rings (SSSR count). The fraction of sp³-hybridized carbons (Fsp3) is 0.500. The van der Waals surface area contributed by atoms with Crippen LogP contribution in [0.5, 0.6) is 0 Å². The average molecular weight is 298 g/mol. The van der Waals surface area contributed by atoms with Crippen molar-refractivity contribution >= 4 is 11.3 Å². The van der Waals surface area contributed by atoms with Crippen LogP contribution in [0.4, 0.5) is 5.69 Å². The second-order valence-electron chi connectivity index (χ2n) is 5.83. The Bertz CT molecular complexity index is 804. The lowest BCUT2D eigenvalue weighted by Crippen LogP contribution is -2.35. The molecule has 0 aromatic carbocycles. The second-order valence-corrected chi connectivity index (χ2v) is 5.83. The topological polar surface area (TPSA) is 87.9 Å². The summed E-state index contributed by atoms with van der Waals surface area (Å²) in [5.74, 6) is 2.12. The molecule has 0 saturated carbocycles. The highest BCUT2D eigenvalue weighted by atomic mass is 15.4. The zero-order valence-corrected chi connectivity index (χ0v) is 12.7. The molecule has 1 unspecified atom stereocenters. The van der Waals surface area contributed by atoms with Crippen LogP contribution in [0.3, 0.4) is 0 Å². The van der Waals surface area contributed by atoms with E-state index in [4.69, 9.17) is 0 Å². The van der Waals surface area contributed by atoms with E-state index in [0.717, 1.165) is 54.6 Å². The summed E-state index contributed by atoms with van der Waals surface area (Å²) in [6.07, 6.45) is 3.87. The third kappa shape index (κ3) is 2.20. The number of piperidine rings is 1. The fourth-order valence-electron chi connectivity index (χ4n) is 3.11. The zero-order chi connectivity index (χ0) is 15.1. The van der Waals surface area contributed by atoms with Crippen LogP contribution < -0.4 is 4.90 Å². The van der Waals surface area contributed by atoms with Gasteiger partial charge in [0.1, 0.15) is 12.2 Å². The molecule has 1 aliphatic heterocycles. The average Bonchev–Trinajstić information content (AvgIpc) is 3.15. The van der Waals surface area contributed by atoms with Crippen molar-refractivity contribution in [2.75, 3.05) is 18.0 Å². The third-order valence-electron chi connectivity index (χ3n) is 4.11. The number of aromatic amines is 1. The molecule has 1 N–H and O–H groups in total. The fourth-order valence-corrected chi connectivity index (χ4v) is 3.11. The SMILES string of the molecule is Cc1cc(N2CCCC(c3n[nH]c(C)n3)C2)c2nncn2n1. The predicted molar refractivity (Wildman–Crippen MR) is 80.8 cm³/mol. The number of hydrogen-bond donors (Lipinski definition) is 1. The highest BCUT2D eigenvalue weighted by molar-refractivity contribution is 5.68. The van der Waals surface area contributed by atoms with Crippen LogP contribution in [0.15, 0.2) is 12.4 Å². The van der Waals surface area contributed by atoms with Crippen LogP contribution >= 0.6 is 0 Å². The van der Waals surface area contributed by atoms with Gasteiger partial charge < -0.3 is 4.90 Å². The molecule has 0 amide bonds. The van der Waals surface area contributed by atoms with Crippen molar-refractivity contribution in [2.45, 2.75) is 32.6 Å². The number of nitrogens with one attached hydrogen (secondary N) is 1. The number of aromatic nitrogens is 7. The summed E-state index contributed by atoms with van der Waals surface area (Å²) in [4.78, 5) is 6.84. The summed E-state index contributed by atoms with van der Waals surface area (Å²) in [7, 11) is 0. The first-order valence-corrected chi connectivity index (χ1v) is 7.52. The van der Waals surface area contributed by atoms with Crippen molar-refractivity contribution in [3.05, 3.63) is 29.7 Å². The van der Waals surface area contributed by atoms with E-state index in [9.17, 15) is 0 Å². The van der Waals surface area contributed by atoms with Gasteiger partial charge in [-0.3, -0.25) is 5.10 Å². The number of nitrogens with zero attached hydrogens (tertiary/aromatic N) is 7. The lowest BCUT2D eigenvalue weighted by Gasteiger charge is -2.33. The maximum absolute atomic E-state index is 4.49. The van der Waals surface area contributed by atoms with Crippen LogP contribution in [0.2, 0.25) is 0 Å². The van der Waals surface area contributed by atoms with E-state index < -0.39 is 0 Å². The molecule has 1 saturated heterocycles. The molecule has 0 spiro atoms.